The minimum absolute atomic E-state index is 0.570. The van der Waals surface area contributed by atoms with Gasteiger partial charge in [0.2, 0.25) is 0 Å². The third-order valence-electron chi connectivity index (χ3n) is 5.41. The Morgan fingerprint density at radius 3 is 3.16 bits per heavy atom. The van der Waals surface area contributed by atoms with E-state index >= 15 is 0 Å². The Hall–Kier alpha value is -2.59. The summed E-state index contributed by atoms with van der Waals surface area (Å²) in [5.41, 5.74) is 5.05. The molecule has 1 atom stereocenters. The summed E-state index contributed by atoms with van der Waals surface area (Å²) in [7, 11) is 0. The summed E-state index contributed by atoms with van der Waals surface area (Å²) in [6.45, 7) is 3.31. The maximum absolute atomic E-state index is 4.43. The molecule has 1 aliphatic heterocycles. The highest BCUT2D eigenvalue weighted by Gasteiger charge is 2.23. The lowest BCUT2D eigenvalue weighted by atomic mass is 9.93. The Labute approximate surface area is 147 Å². The minimum atomic E-state index is 0.570. The molecule has 0 spiro atoms. The number of nitrogens with zero attached hydrogens (tertiary/aromatic N) is 3. The van der Waals surface area contributed by atoms with Crippen molar-refractivity contribution in [2.45, 2.75) is 25.3 Å². The van der Waals surface area contributed by atoms with Gasteiger partial charge in [0.25, 0.3) is 0 Å². The molecule has 1 fully saturated rings. The van der Waals surface area contributed by atoms with Gasteiger partial charge in [0, 0.05) is 48.8 Å². The third kappa shape index (κ3) is 2.72. The molecule has 5 rings (SSSR count). The topological polar surface area (TPSA) is 36.3 Å². The molecule has 0 aliphatic carbocycles. The zero-order chi connectivity index (χ0) is 16.6. The predicted octanol–water partition coefficient (Wildman–Crippen LogP) is 4.20. The van der Waals surface area contributed by atoms with Gasteiger partial charge in [-0.25, -0.2) is 4.98 Å². The summed E-state index contributed by atoms with van der Waals surface area (Å²) >= 11 is 0. The van der Waals surface area contributed by atoms with Gasteiger partial charge < -0.3 is 9.38 Å². The fourth-order valence-corrected chi connectivity index (χ4v) is 4.19. The van der Waals surface area contributed by atoms with Gasteiger partial charge >= 0.3 is 0 Å². The number of H-pyrrole nitrogens is 1. The molecule has 0 bridgehead atoms. The van der Waals surface area contributed by atoms with Crippen LogP contribution in [0.2, 0.25) is 0 Å². The first-order valence-corrected chi connectivity index (χ1v) is 9.07. The fraction of sp³-hybridized carbons (Fsp3) is 0.286. The van der Waals surface area contributed by atoms with Crippen LogP contribution in [-0.2, 0) is 6.54 Å². The fourth-order valence-electron chi connectivity index (χ4n) is 4.19. The lowest BCUT2D eigenvalue weighted by Gasteiger charge is -2.33. The smallest absolute Gasteiger partial charge is 0.136 e. The van der Waals surface area contributed by atoms with Crippen molar-refractivity contribution in [3.8, 4) is 0 Å². The van der Waals surface area contributed by atoms with E-state index < -0.39 is 0 Å². The Kier molecular flexibility index (Phi) is 3.56. The monoisotopic (exact) mass is 330 g/mol. The van der Waals surface area contributed by atoms with E-state index in [9.17, 15) is 0 Å². The van der Waals surface area contributed by atoms with Crippen LogP contribution in [0.5, 0.6) is 0 Å². The van der Waals surface area contributed by atoms with Crippen LogP contribution in [0.15, 0.2) is 61.1 Å². The predicted molar refractivity (Wildman–Crippen MR) is 101 cm³/mol. The van der Waals surface area contributed by atoms with Gasteiger partial charge in [0.1, 0.15) is 5.65 Å². The number of benzene rings is 1. The van der Waals surface area contributed by atoms with Crippen LogP contribution in [0.4, 0.5) is 0 Å². The average Bonchev–Trinajstić information content (AvgIpc) is 3.30. The number of pyridine rings is 1. The normalized spacial score (nSPS) is 19.0. The van der Waals surface area contributed by atoms with Crippen LogP contribution in [0.3, 0.4) is 0 Å². The summed E-state index contributed by atoms with van der Waals surface area (Å²) in [6.07, 6.45) is 8.49. The number of hydrogen-bond donors (Lipinski definition) is 1. The van der Waals surface area contributed by atoms with E-state index in [1.165, 1.54) is 41.5 Å². The van der Waals surface area contributed by atoms with Crippen LogP contribution in [0.25, 0.3) is 16.6 Å². The molecular weight excluding hydrogens is 308 g/mol. The molecule has 4 heterocycles. The van der Waals surface area contributed by atoms with Gasteiger partial charge in [-0.2, -0.15) is 0 Å². The Bertz CT molecular complexity index is 1010. The van der Waals surface area contributed by atoms with Crippen molar-refractivity contribution < 1.29 is 0 Å². The number of nitrogens with one attached hydrogen (secondary N) is 1. The first-order chi connectivity index (χ1) is 12.4. The van der Waals surface area contributed by atoms with Crippen LogP contribution >= 0.6 is 0 Å². The Morgan fingerprint density at radius 1 is 1.16 bits per heavy atom. The molecular formula is C21H22N4. The van der Waals surface area contributed by atoms with Gasteiger partial charge in [-0.1, -0.05) is 18.2 Å². The first-order valence-electron chi connectivity index (χ1n) is 9.07. The van der Waals surface area contributed by atoms with Crippen molar-refractivity contribution in [2.24, 2.45) is 0 Å². The Balaban J connectivity index is 1.37. The van der Waals surface area contributed by atoms with Crippen LogP contribution in [0, 0.1) is 0 Å². The molecule has 25 heavy (non-hydrogen) atoms. The maximum atomic E-state index is 4.43. The van der Waals surface area contributed by atoms with E-state index in [2.05, 4.69) is 67.9 Å². The summed E-state index contributed by atoms with van der Waals surface area (Å²) < 4.78 is 2.25. The number of imidazole rings is 1. The maximum Gasteiger partial charge on any atom is 0.136 e. The van der Waals surface area contributed by atoms with Crippen molar-refractivity contribution in [3.05, 3.63) is 72.3 Å². The molecule has 0 saturated carbocycles. The number of piperidine rings is 1. The van der Waals surface area contributed by atoms with Gasteiger partial charge in [0.15, 0.2) is 0 Å². The molecule has 4 aromatic rings. The molecule has 1 unspecified atom stereocenters. The van der Waals surface area contributed by atoms with Crippen LogP contribution in [-0.4, -0.2) is 32.4 Å². The van der Waals surface area contributed by atoms with Gasteiger partial charge in [0.05, 0.1) is 0 Å². The van der Waals surface area contributed by atoms with E-state index in [0.29, 0.717) is 5.92 Å². The number of aromatic nitrogens is 3. The quantitative estimate of drug-likeness (QED) is 0.611. The number of aromatic amines is 1. The second kappa shape index (κ2) is 6.05. The highest BCUT2D eigenvalue weighted by atomic mass is 15.1. The van der Waals surface area contributed by atoms with Crippen LogP contribution < -0.4 is 0 Å². The largest absolute Gasteiger partial charge is 0.361 e. The molecule has 4 heteroatoms. The molecule has 1 N–H and O–H groups in total. The molecule has 126 valence electrons. The molecule has 3 aromatic heterocycles. The van der Waals surface area contributed by atoms with Crippen molar-refractivity contribution in [1.29, 1.82) is 0 Å². The van der Waals surface area contributed by atoms with Gasteiger partial charge in [-0.05, 0) is 54.6 Å². The van der Waals surface area contributed by atoms with Gasteiger partial charge in [-0.3, -0.25) is 4.90 Å². The highest BCUT2D eigenvalue weighted by molar-refractivity contribution is 5.79. The van der Waals surface area contributed by atoms with Crippen molar-refractivity contribution in [1.82, 2.24) is 19.3 Å². The SMILES string of the molecule is c1cc(C2CCCN(Cc3ccc4cc[nH]c4c3)C2)n2ccnc2c1. The standard InChI is InChI=1S/C21H22N4/c1-4-20(25-12-10-23-21(25)5-1)18-3-2-11-24(15-18)14-16-6-7-17-8-9-22-19(17)13-16/h1,4-10,12-13,18,22H,2-3,11,14-15H2. The summed E-state index contributed by atoms with van der Waals surface area (Å²) in [5, 5.41) is 1.28. The second-order valence-corrected chi connectivity index (χ2v) is 7.08. The van der Waals surface area contributed by atoms with E-state index in [-0.39, 0.29) is 0 Å². The molecule has 1 saturated heterocycles. The molecule has 1 aromatic carbocycles. The second-order valence-electron chi connectivity index (χ2n) is 7.08. The summed E-state index contributed by atoms with van der Waals surface area (Å²) in [6, 6.07) is 15.4. The zero-order valence-corrected chi connectivity index (χ0v) is 14.2. The van der Waals surface area contributed by atoms with E-state index in [1.54, 1.807) is 0 Å². The number of rotatable bonds is 3. The summed E-state index contributed by atoms with van der Waals surface area (Å²) in [4.78, 5) is 10.3. The van der Waals surface area contributed by atoms with E-state index in [0.717, 1.165) is 18.7 Å². The molecule has 0 radical (unpaired) electrons. The van der Waals surface area contributed by atoms with Gasteiger partial charge in [-0.15, -0.1) is 0 Å². The third-order valence-corrected chi connectivity index (χ3v) is 5.41. The number of hydrogen-bond acceptors (Lipinski definition) is 2. The number of likely N-dealkylation sites (tertiary alicyclic amines) is 1. The van der Waals surface area contributed by atoms with E-state index in [1.807, 2.05) is 12.4 Å². The van der Waals surface area contributed by atoms with Crippen molar-refractivity contribution >= 4 is 16.6 Å². The Morgan fingerprint density at radius 2 is 2.16 bits per heavy atom. The highest BCUT2D eigenvalue weighted by Crippen LogP contribution is 2.28. The lowest BCUT2D eigenvalue weighted by Crippen LogP contribution is -2.34. The van der Waals surface area contributed by atoms with Crippen LogP contribution in [0.1, 0.15) is 30.0 Å². The number of fused-ring (bicyclic) bond motifs is 2. The molecule has 4 nitrogen and oxygen atoms in total. The zero-order valence-electron chi connectivity index (χ0n) is 14.2. The first kappa shape index (κ1) is 14.7. The molecule has 1 aliphatic rings. The summed E-state index contributed by atoms with van der Waals surface area (Å²) in [5.74, 6) is 0.570. The van der Waals surface area contributed by atoms with Crippen molar-refractivity contribution in [3.63, 3.8) is 0 Å². The molecule has 0 amide bonds. The van der Waals surface area contributed by atoms with E-state index in [4.69, 9.17) is 0 Å². The van der Waals surface area contributed by atoms with Crippen molar-refractivity contribution in [2.75, 3.05) is 13.1 Å². The minimum Gasteiger partial charge on any atom is -0.361 e. The average molecular weight is 330 g/mol. The lowest BCUT2D eigenvalue weighted by molar-refractivity contribution is 0.198.